The highest BCUT2D eigenvalue weighted by Crippen LogP contribution is 2.20. The molecule has 0 aliphatic carbocycles. The predicted molar refractivity (Wildman–Crippen MR) is 87.6 cm³/mol. The van der Waals surface area contributed by atoms with Crippen molar-refractivity contribution in [1.29, 1.82) is 0 Å². The lowest BCUT2D eigenvalue weighted by atomic mass is 10.1. The summed E-state index contributed by atoms with van der Waals surface area (Å²) in [7, 11) is -4.35. The minimum absolute atomic E-state index is 0.0362. The van der Waals surface area contributed by atoms with Gasteiger partial charge in [-0.2, -0.15) is 8.42 Å². The number of nitro groups is 1. The molecule has 0 aliphatic heterocycles. The van der Waals surface area contributed by atoms with Crippen LogP contribution in [0, 0.1) is 10.1 Å². The topological polar surface area (TPSA) is 124 Å². The first kappa shape index (κ1) is 18.6. The van der Waals surface area contributed by atoms with Crippen molar-refractivity contribution in [1.82, 2.24) is 0 Å². The zero-order valence-electron chi connectivity index (χ0n) is 12.9. The third kappa shape index (κ3) is 5.10. The van der Waals surface area contributed by atoms with E-state index in [0.29, 0.717) is 6.42 Å². The lowest BCUT2D eigenvalue weighted by Gasteiger charge is -2.13. The Labute approximate surface area is 144 Å². The molecular formula is C16H15NO7S. The van der Waals surface area contributed by atoms with Crippen molar-refractivity contribution in [2.75, 3.05) is 0 Å². The van der Waals surface area contributed by atoms with Gasteiger partial charge in [0.15, 0.2) is 6.10 Å². The highest BCUT2D eigenvalue weighted by molar-refractivity contribution is 7.86. The summed E-state index contributed by atoms with van der Waals surface area (Å²) in [5.41, 5.74) is 0.572. The van der Waals surface area contributed by atoms with Crippen molar-refractivity contribution in [3.05, 3.63) is 70.3 Å². The Morgan fingerprint density at radius 1 is 1.12 bits per heavy atom. The van der Waals surface area contributed by atoms with Crippen molar-refractivity contribution in [2.24, 2.45) is 0 Å². The van der Waals surface area contributed by atoms with Crippen LogP contribution in [0.15, 0.2) is 59.5 Å². The summed E-state index contributed by atoms with van der Waals surface area (Å²) < 4.78 is 29.2. The molecule has 0 bridgehead atoms. The molecule has 0 saturated heterocycles. The molecular weight excluding hydrogens is 350 g/mol. The van der Waals surface area contributed by atoms with Gasteiger partial charge in [-0.25, -0.2) is 4.79 Å². The molecule has 0 aromatic heterocycles. The van der Waals surface area contributed by atoms with E-state index in [1.165, 1.54) is 0 Å². The van der Waals surface area contributed by atoms with E-state index in [1.807, 2.05) is 6.07 Å². The zero-order chi connectivity index (χ0) is 18.4. The molecule has 25 heavy (non-hydrogen) atoms. The Morgan fingerprint density at radius 2 is 1.72 bits per heavy atom. The molecule has 0 aliphatic rings. The second kappa shape index (κ2) is 7.86. The van der Waals surface area contributed by atoms with Crippen molar-refractivity contribution >= 4 is 21.8 Å². The number of carbonyl (C=O) groups is 1. The van der Waals surface area contributed by atoms with E-state index < -0.39 is 27.1 Å². The van der Waals surface area contributed by atoms with E-state index in [9.17, 15) is 28.4 Å². The number of benzene rings is 2. The summed E-state index contributed by atoms with van der Waals surface area (Å²) >= 11 is 0. The Hall–Kier alpha value is -2.78. The highest BCUT2D eigenvalue weighted by Gasteiger charge is 2.27. The summed E-state index contributed by atoms with van der Waals surface area (Å²) in [5.74, 6) is -1.40. The number of aliphatic carboxylic acids is 1. The molecule has 1 atom stereocenters. The first-order valence-corrected chi connectivity index (χ1v) is 8.65. The Kier molecular flexibility index (Phi) is 5.84. The van der Waals surface area contributed by atoms with E-state index in [0.717, 1.165) is 29.8 Å². The van der Waals surface area contributed by atoms with Gasteiger partial charge in [0, 0.05) is 12.1 Å². The average molecular weight is 365 g/mol. The molecule has 9 heteroatoms. The normalized spacial score (nSPS) is 12.5. The highest BCUT2D eigenvalue weighted by atomic mass is 32.2. The quantitative estimate of drug-likeness (QED) is 0.432. The van der Waals surface area contributed by atoms with Crippen molar-refractivity contribution in [2.45, 2.75) is 23.8 Å². The van der Waals surface area contributed by atoms with Crippen molar-refractivity contribution in [3.8, 4) is 0 Å². The van der Waals surface area contributed by atoms with E-state index in [-0.39, 0.29) is 17.0 Å². The molecule has 0 heterocycles. The number of carboxylic acids is 1. The molecule has 0 unspecified atom stereocenters. The minimum atomic E-state index is -4.35. The van der Waals surface area contributed by atoms with Crippen LogP contribution in [0.25, 0.3) is 0 Å². The molecule has 0 spiro atoms. The van der Waals surface area contributed by atoms with E-state index in [4.69, 9.17) is 4.18 Å². The molecule has 0 radical (unpaired) electrons. The lowest BCUT2D eigenvalue weighted by molar-refractivity contribution is -0.384. The van der Waals surface area contributed by atoms with Crippen LogP contribution in [-0.4, -0.2) is 30.5 Å². The van der Waals surface area contributed by atoms with Crippen LogP contribution in [-0.2, 0) is 25.5 Å². The second-order valence-corrected chi connectivity index (χ2v) is 6.72. The van der Waals surface area contributed by atoms with Gasteiger partial charge in [-0.05, 0) is 30.5 Å². The molecule has 8 nitrogen and oxygen atoms in total. The summed E-state index contributed by atoms with van der Waals surface area (Å²) in [6.07, 6.45) is -1.26. The smallest absolute Gasteiger partial charge is 0.334 e. The van der Waals surface area contributed by atoms with Gasteiger partial charge in [0.2, 0.25) is 0 Å². The summed E-state index contributed by atoms with van der Waals surface area (Å²) in [4.78, 5) is 20.9. The molecule has 132 valence electrons. The number of hydrogen-bond donors (Lipinski definition) is 1. The molecule has 0 saturated carbocycles. The number of nitrogens with zero attached hydrogens (tertiary/aromatic N) is 1. The maximum Gasteiger partial charge on any atom is 0.334 e. The first-order valence-electron chi connectivity index (χ1n) is 7.24. The number of nitro benzene ring substituents is 1. The van der Waals surface area contributed by atoms with E-state index >= 15 is 0 Å². The Bertz CT molecular complexity index is 848. The number of aryl methyl sites for hydroxylation is 1. The van der Waals surface area contributed by atoms with Crippen LogP contribution in [0.1, 0.15) is 12.0 Å². The van der Waals surface area contributed by atoms with Crippen LogP contribution in [0.4, 0.5) is 5.69 Å². The maximum absolute atomic E-state index is 12.2. The standard InChI is InChI=1S/C16H15NO7S/c18-16(19)15(11-6-12-4-2-1-3-5-12)24-25(22,23)14-9-7-13(8-10-14)17(20)21/h1-5,7-10,15H,6,11H2,(H,18,19)/t15-/m1/s1. The number of carboxylic acid groups (broad SMARTS) is 1. The van der Waals surface area contributed by atoms with Crippen LogP contribution in [0.3, 0.4) is 0 Å². The van der Waals surface area contributed by atoms with Crippen LogP contribution < -0.4 is 0 Å². The van der Waals surface area contributed by atoms with Crippen LogP contribution >= 0.6 is 0 Å². The summed E-state index contributed by atoms with van der Waals surface area (Å²) in [6.45, 7) is 0. The number of hydrogen-bond acceptors (Lipinski definition) is 6. The van der Waals surface area contributed by atoms with Gasteiger partial charge in [0.25, 0.3) is 15.8 Å². The van der Waals surface area contributed by atoms with Gasteiger partial charge in [-0.15, -0.1) is 0 Å². The van der Waals surface area contributed by atoms with Crippen molar-refractivity contribution in [3.63, 3.8) is 0 Å². The Morgan fingerprint density at radius 3 is 2.24 bits per heavy atom. The predicted octanol–water partition coefficient (Wildman–Crippen LogP) is 2.39. The molecule has 0 fully saturated rings. The van der Waals surface area contributed by atoms with E-state index in [2.05, 4.69) is 0 Å². The second-order valence-electron chi connectivity index (χ2n) is 5.15. The van der Waals surface area contributed by atoms with Gasteiger partial charge in [0.1, 0.15) is 0 Å². The summed E-state index contributed by atoms with van der Waals surface area (Å²) in [5, 5.41) is 19.8. The van der Waals surface area contributed by atoms with Gasteiger partial charge >= 0.3 is 5.97 Å². The molecule has 0 amide bonds. The van der Waals surface area contributed by atoms with Gasteiger partial charge < -0.3 is 5.11 Å². The molecule has 2 aromatic carbocycles. The number of non-ortho nitro benzene ring substituents is 1. The monoisotopic (exact) mass is 365 g/mol. The molecule has 2 rings (SSSR count). The SMILES string of the molecule is O=C(O)[C@@H](CCc1ccccc1)OS(=O)(=O)c1ccc([N+](=O)[O-])cc1. The molecule has 1 N–H and O–H groups in total. The zero-order valence-corrected chi connectivity index (χ0v) is 13.8. The van der Waals surface area contributed by atoms with Crippen LogP contribution in [0.5, 0.6) is 0 Å². The van der Waals surface area contributed by atoms with Gasteiger partial charge in [0.05, 0.1) is 9.82 Å². The van der Waals surface area contributed by atoms with Gasteiger partial charge in [-0.1, -0.05) is 30.3 Å². The largest absolute Gasteiger partial charge is 0.479 e. The minimum Gasteiger partial charge on any atom is -0.479 e. The fraction of sp³-hybridized carbons (Fsp3) is 0.188. The molecule has 2 aromatic rings. The maximum atomic E-state index is 12.2. The lowest BCUT2D eigenvalue weighted by Crippen LogP contribution is -2.27. The first-order chi connectivity index (χ1) is 11.8. The fourth-order valence-electron chi connectivity index (χ4n) is 2.10. The average Bonchev–Trinajstić information content (AvgIpc) is 2.59. The number of rotatable bonds is 8. The third-order valence-corrected chi connectivity index (χ3v) is 4.73. The Balaban J connectivity index is 2.11. The van der Waals surface area contributed by atoms with E-state index in [1.54, 1.807) is 24.3 Å². The van der Waals surface area contributed by atoms with Crippen molar-refractivity contribution < 1.29 is 27.4 Å². The van der Waals surface area contributed by atoms with Gasteiger partial charge in [-0.3, -0.25) is 14.3 Å². The van der Waals surface area contributed by atoms with Crippen LogP contribution in [0.2, 0.25) is 0 Å². The third-order valence-electron chi connectivity index (χ3n) is 3.39. The summed E-state index contributed by atoms with van der Waals surface area (Å²) in [6, 6.07) is 13.0. The fourth-order valence-corrected chi connectivity index (χ4v) is 3.16.